The standard InChI is InChI=1S/C12H17N3O2S/c1-3-17-12(16)11-8-6-13-5-4-9(8)14-10(15-11)7-18-2/h13H,3-7H2,1-2H3. The van der Waals surface area contributed by atoms with Gasteiger partial charge in [-0.05, 0) is 13.2 Å². The summed E-state index contributed by atoms with van der Waals surface area (Å²) in [6.45, 7) is 3.70. The molecule has 98 valence electrons. The molecule has 1 aromatic rings. The fourth-order valence-corrected chi connectivity index (χ4v) is 2.34. The number of rotatable bonds is 4. The van der Waals surface area contributed by atoms with Crippen LogP contribution in [0, 0.1) is 0 Å². The maximum atomic E-state index is 11.9. The van der Waals surface area contributed by atoms with Crippen LogP contribution in [0.5, 0.6) is 0 Å². The topological polar surface area (TPSA) is 64.1 Å². The van der Waals surface area contributed by atoms with Crippen molar-refractivity contribution >= 4 is 17.7 Å². The molecule has 1 N–H and O–H groups in total. The van der Waals surface area contributed by atoms with Crippen molar-refractivity contribution in [3.8, 4) is 0 Å². The van der Waals surface area contributed by atoms with E-state index in [4.69, 9.17) is 4.74 Å². The predicted molar refractivity (Wildman–Crippen MR) is 70.6 cm³/mol. The van der Waals surface area contributed by atoms with Gasteiger partial charge in [-0.25, -0.2) is 14.8 Å². The van der Waals surface area contributed by atoms with Crippen molar-refractivity contribution < 1.29 is 9.53 Å². The maximum absolute atomic E-state index is 11.9. The largest absolute Gasteiger partial charge is 0.461 e. The summed E-state index contributed by atoms with van der Waals surface area (Å²) < 4.78 is 5.06. The lowest BCUT2D eigenvalue weighted by molar-refractivity contribution is 0.0516. The first-order valence-electron chi connectivity index (χ1n) is 6.01. The Labute approximate surface area is 111 Å². The molecule has 18 heavy (non-hydrogen) atoms. The van der Waals surface area contributed by atoms with Crippen molar-refractivity contribution in [1.82, 2.24) is 15.3 Å². The molecular formula is C12H17N3O2S. The number of fused-ring (bicyclic) bond motifs is 1. The molecular weight excluding hydrogens is 250 g/mol. The first-order valence-corrected chi connectivity index (χ1v) is 7.41. The van der Waals surface area contributed by atoms with Crippen LogP contribution in [-0.2, 0) is 23.5 Å². The lowest BCUT2D eigenvalue weighted by Crippen LogP contribution is -2.28. The fraction of sp³-hybridized carbons (Fsp3) is 0.583. The summed E-state index contributed by atoms with van der Waals surface area (Å²) in [6.07, 6.45) is 2.83. The Bertz CT molecular complexity index is 451. The van der Waals surface area contributed by atoms with E-state index in [2.05, 4.69) is 15.3 Å². The molecule has 2 heterocycles. The number of hydrogen-bond acceptors (Lipinski definition) is 6. The molecule has 0 saturated carbocycles. The van der Waals surface area contributed by atoms with Gasteiger partial charge in [-0.3, -0.25) is 0 Å². The Morgan fingerprint density at radius 1 is 1.50 bits per heavy atom. The van der Waals surface area contributed by atoms with Gasteiger partial charge in [-0.1, -0.05) is 0 Å². The molecule has 0 aromatic carbocycles. The van der Waals surface area contributed by atoms with Crippen molar-refractivity contribution in [2.45, 2.75) is 25.6 Å². The Morgan fingerprint density at radius 2 is 2.33 bits per heavy atom. The predicted octanol–water partition coefficient (Wildman–Crippen LogP) is 1.16. The van der Waals surface area contributed by atoms with Crippen LogP contribution in [-0.4, -0.2) is 35.3 Å². The van der Waals surface area contributed by atoms with E-state index in [1.165, 1.54) is 0 Å². The minimum atomic E-state index is -0.345. The lowest BCUT2D eigenvalue weighted by Gasteiger charge is -2.19. The summed E-state index contributed by atoms with van der Waals surface area (Å²) in [5.74, 6) is 1.08. The maximum Gasteiger partial charge on any atom is 0.357 e. The zero-order chi connectivity index (χ0) is 13.0. The van der Waals surface area contributed by atoms with E-state index in [-0.39, 0.29) is 5.97 Å². The highest BCUT2D eigenvalue weighted by Gasteiger charge is 2.22. The van der Waals surface area contributed by atoms with Gasteiger partial charge in [-0.15, -0.1) is 0 Å². The SMILES string of the molecule is CCOC(=O)c1nc(CSC)nc2c1CNCC2. The summed E-state index contributed by atoms with van der Waals surface area (Å²) in [7, 11) is 0. The number of hydrogen-bond donors (Lipinski definition) is 1. The van der Waals surface area contributed by atoms with Gasteiger partial charge >= 0.3 is 5.97 Å². The van der Waals surface area contributed by atoms with Crippen LogP contribution < -0.4 is 5.32 Å². The highest BCUT2D eigenvalue weighted by molar-refractivity contribution is 7.97. The van der Waals surface area contributed by atoms with Crippen molar-refractivity contribution in [2.75, 3.05) is 19.4 Å². The first-order chi connectivity index (χ1) is 8.76. The normalized spacial score (nSPS) is 14.1. The number of nitrogens with one attached hydrogen (secondary N) is 1. The van der Waals surface area contributed by atoms with Crippen molar-refractivity contribution in [3.05, 3.63) is 22.8 Å². The minimum absolute atomic E-state index is 0.345. The molecule has 0 unspecified atom stereocenters. The minimum Gasteiger partial charge on any atom is -0.461 e. The number of carbonyl (C=O) groups is 1. The van der Waals surface area contributed by atoms with E-state index in [0.29, 0.717) is 30.4 Å². The molecule has 2 rings (SSSR count). The Morgan fingerprint density at radius 3 is 3.06 bits per heavy atom. The summed E-state index contributed by atoms with van der Waals surface area (Å²) in [6, 6.07) is 0. The molecule has 6 heteroatoms. The first kappa shape index (κ1) is 13.3. The second-order valence-electron chi connectivity index (χ2n) is 3.99. The molecule has 0 spiro atoms. The molecule has 0 saturated heterocycles. The molecule has 0 bridgehead atoms. The van der Waals surface area contributed by atoms with Crippen LogP contribution in [0.1, 0.15) is 34.5 Å². The van der Waals surface area contributed by atoms with E-state index in [0.717, 1.165) is 24.2 Å². The quantitative estimate of drug-likeness (QED) is 0.826. The zero-order valence-electron chi connectivity index (χ0n) is 10.7. The molecule has 1 aromatic heterocycles. The molecule has 0 aliphatic carbocycles. The van der Waals surface area contributed by atoms with Crippen LogP contribution in [0.3, 0.4) is 0 Å². The van der Waals surface area contributed by atoms with Gasteiger partial charge in [0.25, 0.3) is 0 Å². The number of esters is 1. The van der Waals surface area contributed by atoms with Crippen molar-refractivity contribution in [2.24, 2.45) is 0 Å². The van der Waals surface area contributed by atoms with Gasteiger partial charge in [0.05, 0.1) is 18.1 Å². The Kier molecular flexibility index (Phi) is 4.54. The van der Waals surface area contributed by atoms with Gasteiger partial charge < -0.3 is 10.1 Å². The molecule has 1 aliphatic rings. The van der Waals surface area contributed by atoms with Crippen molar-refractivity contribution in [3.63, 3.8) is 0 Å². The van der Waals surface area contributed by atoms with E-state index >= 15 is 0 Å². The van der Waals surface area contributed by atoms with Crippen LogP contribution in [0.15, 0.2) is 0 Å². The Hall–Kier alpha value is -1.14. The molecule has 0 amide bonds. The van der Waals surface area contributed by atoms with Crippen LogP contribution in [0.4, 0.5) is 0 Å². The van der Waals surface area contributed by atoms with Crippen LogP contribution in [0.25, 0.3) is 0 Å². The molecule has 5 nitrogen and oxygen atoms in total. The molecule has 0 radical (unpaired) electrons. The molecule has 0 fully saturated rings. The number of thioether (sulfide) groups is 1. The highest BCUT2D eigenvalue weighted by atomic mass is 32.2. The number of aromatic nitrogens is 2. The number of ether oxygens (including phenoxy) is 1. The summed E-state index contributed by atoms with van der Waals surface area (Å²) >= 11 is 1.65. The second-order valence-corrected chi connectivity index (χ2v) is 4.86. The lowest BCUT2D eigenvalue weighted by atomic mass is 10.1. The van der Waals surface area contributed by atoms with Gasteiger partial charge in [0.1, 0.15) is 5.82 Å². The third kappa shape index (κ3) is 2.81. The third-order valence-corrected chi connectivity index (χ3v) is 3.27. The zero-order valence-corrected chi connectivity index (χ0v) is 11.5. The smallest absolute Gasteiger partial charge is 0.357 e. The van der Waals surface area contributed by atoms with Crippen LogP contribution in [0.2, 0.25) is 0 Å². The van der Waals surface area contributed by atoms with Gasteiger partial charge in [0.15, 0.2) is 5.69 Å². The van der Waals surface area contributed by atoms with E-state index in [9.17, 15) is 4.79 Å². The average Bonchev–Trinajstić information content (AvgIpc) is 2.38. The fourth-order valence-electron chi connectivity index (χ4n) is 1.96. The Balaban J connectivity index is 2.40. The monoisotopic (exact) mass is 267 g/mol. The molecule has 0 atom stereocenters. The van der Waals surface area contributed by atoms with Gasteiger partial charge in [0, 0.05) is 25.1 Å². The van der Waals surface area contributed by atoms with Crippen LogP contribution >= 0.6 is 11.8 Å². The molecule has 1 aliphatic heterocycles. The third-order valence-electron chi connectivity index (χ3n) is 2.72. The van der Waals surface area contributed by atoms with Gasteiger partial charge in [0.2, 0.25) is 0 Å². The summed E-state index contributed by atoms with van der Waals surface area (Å²) in [5.41, 5.74) is 2.30. The number of nitrogens with zero attached hydrogens (tertiary/aromatic N) is 2. The second kappa shape index (κ2) is 6.15. The highest BCUT2D eigenvalue weighted by Crippen LogP contribution is 2.18. The van der Waals surface area contributed by atoms with E-state index < -0.39 is 0 Å². The van der Waals surface area contributed by atoms with Crippen molar-refractivity contribution in [1.29, 1.82) is 0 Å². The van der Waals surface area contributed by atoms with Gasteiger partial charge in [-0.2, -0.15) is 11.8 Å². The van der Waals surface area contributed by atoms with E-state index in [1.54, 1.807) is 18.7 Å². The summed E-state index contributed by atoms with van der Waals surface area (Å²) in [4.78, 5) is 20.8. The average molecular weight is 267 g/mol. The number of carbonyl (C=O) groups excluding carboxylic acids is 1. The van der Waals surface area contributed by atoms with E-state index in [1.807, 2.05) is 6.26 Å². The summed E-state index contributed by atoms with van der Waals surface area (Å²) in [5, 5.41) is 3.24.